The summed E-state index contributed by atoms with van der Waals surface area (Å²) in [5.41, 5.74) is 16.2. The molecule has 0 spiro atoms. The Hall–Kier alpha value is -9.19. The summed E-state index contributed by atoms with van der Waals surface area (Å²) in [5, 5.41) is 4.74. The van der Waals surface area contributed by atoms with E-state index >= 15 is 0 Å². The van der Waals surface area contributed by atoms with Crippen LogP contribution in [0, 0.1) is 0 Å². The van der Waals surface area contributed by atoms with E-state index in [-0.39, 0.29) is 0 Å². The van der Waals surface area contributed by atoms with Crippen molar-refractivity contribution >= 4 is 43.6 Å². The second-order valence-corrected chi connectivity index (χ2v) is 17.2. The first-order valence-electron chi connectivity index (χ1n) is 23.0. The number of fused-ring (bicyclic) bond motifs is 6. The highest BCUT2D eigenvalue weighted by molar-refractivity contribution is 6.23. The van der Waals surface area contributed by atoms with Gasteiger partial charge >= 0.3 is 0 Å². The van der Waals surface area contributed by atoms with Gasteiger partial charge in [-0.1, -0.05) is 194 Å². The van der Waals surface area contributed by atoms with Crippen LogP contribution in [0.2, 0.25) is 0 Å². The Balaban J connectivity index is 1.16. The zero-order valence-corrected chi connectivity index (χ0v) is 36.9. The molecule has 68 heavy (non-hydrogen) atoms. The number of benzene rings is 10. The molecular weight excluding hydrogens is 827 g/mol. The first-order valence-corrected chi connectivity index (χ1v) is 23.0. The van der Waals surface area contributed by atoms with Crippen LogP contribution >= 0.6 is 0 Å². The topological polar surface area (TPSA) is 48.5 Å². The molecule has 13 rings (SSSR count). The SMILES string of the molecule is c1ccc(-c2ccc3c4c(-c5cccc6c5c5ccccc5n6-c5ccccc5)cc(-c5ccccc5)cc4n(-c4ccccc4-c4nc(-c5ccccc5)nc(-c5ccccc5)n4)c3c2)cc1. The Morgan fingerprint density at radius 2 is 0.735 bits per heavy atom. The third-order valence-corrected chi connectivity index (χ3v) is 13.2. The lowest BCUT2D eigenvalue weighted by Crippen LogP contribution is -2.03. The van der Waals surface area contributed by atoms with Crippen LogP contribution in [0.15, 0.2) is 249 Å². The molecule has 3 aromatic heterocycles. The summed E-state index contributed by atoms with van der Waals surface area (Å²) < 4.78 is 4.85. The Labute approximate surface area is 393 Å². The lowest BCUT2D eigenvalue weighted by atomic mass is 9.91. The van der Waals surface area contributed by atoms with E-state index in [2.05, 4.69) is 221 Å². The maximum atomic E-state index is 5.28. The Morgan fingerprint density at radius 3 is 1.41 bits per heavy atom. The molecule has 0 unspecified atom stereocenters. The molecule has 3 heterocycles. The fraction of sp³-hybridized carbons (Fsp3) is 0. The van der Waals surface area contributed by atoms with Gasteiger partial charge in [-0.05, 0) is 88.0 Å². The molecule has 0 amide bonds. The Morgan fingerprint density at radius 1 is 0.250 bits per heavy atom. The quantitative estimate of drug-likeness (QED) is 0.153. The molecular formula is C63H41N5. The van der Waals surface area contributed by atoms with Crippen molar-refractivity contribution < 1.29 is 0 Å². The summed E-state index contributed by atoms with van der Waals surface area (Å²) in [5.74, 6) is 1.84. The maximum Gasteiger partial charge on any atom is 0.166 e. The first kappa shape index (κ1) is 39.2. The second kappa shape index (κ2) is 16.4. The van der Waals surface area contributed by atoms with Crippen LogP contribution in [-0.2, 0) is 0 Å². The highest BCUT2D eigenvalue weighted by atomic mass is 15.1. The number of para-hydroxylation sites is 3. The van der Waals surface area contributed by atoms with Gasteiger partial charge in [0.25, 0.3) is 0 Å². The maximum absolute atomic E-state index is 5.28. The summed E-state index contributed by atoms with van der Waals surface area (Å²) in [6.45, 7) is 0. The number of rotatable bonds is 8. The van der Waals surface area contributed by atoms with E-state index in [1.807, 2.05) is 36.4 Å². The number of nitrogens with zero attached hydrogens (tertiary/aromatic N) is 5. The van der Waals surface area contributed by atoms with Crippen LogP contribution < -0.4 is 0 Å². The van der Waals surface area contributed by atoms with Crippen molar-refractivity contribution in [2.45, 2.75) is 0 Å². The third-order valence-electron chi connectivity index (χ3n) is 13.2. The van der Waals surface area contributed by atoms with Crippen LogP contribution in [0.5, 0.6) is 0 Å². The second-order valence-electron chi connectivity index (χ2n) is 17.2. The van der Waals surface area contributed by atoms with E-state index in [0.29, 0.717) is 17.5 Å². The standard InChI is InChI=1S/C63H41N5/c1-6-21-42(22-7-1)46-37-38-51-57(40-46)68(55-35-19-17-32-52(55)63-65-61(44-25-10-3-11-26-44)64-62(66-63)45-27-12-4-13-28-45)58-41-47(43-23-8-2-9-24-43)39-53(60(51)58)49-33-20-36-56-59(49)50-31-16-18-34-54(50)67(56)48-29-14-5-15-30-48/h1-41H. The smallest absolute Gasteiger partial charge is 0.166 e. The van der Waals surface area contributed by atoms with Gasteiger partial charge in [-0.15, -0.1) is 0 Å². The largest absolute Gasteiger partial charge is 0.309 e. The van der Waals surface area contributed by atoms with Crippen LogP contribution in [0.1, 0.15) is 0 Å². The predicted molar refractivity (Wildman–Crippen MR) is 281 cm³/mol. The Kier molecular flexibility index (Phi) is 9.43. The van der Waals surface area contributed by atoms with Crippen LogP contribution in [0.25, 0.3) is 123 Å². The average molecular weight is 868 g/mol. The van der Waals surface area contributed by atoms with Crippen molar-refractivity contribution in [2.24, 2.45) is 0 Å². The summed E-state index contributed by atoms with van der Waals surface area (Å²) in [4.78, 5) is 15.6. The minimum absolute atomic E-state index is 0.598. The van der Waals surface area contributed by atoms with Gasteiger partial charge in [0.05, 0.1) is 27.8 Å². The van der Waals surface area contributed by atoms with Crippen LogP contribution in [0.3, 0.4) is 0 Å². The molecule has 10 aromatic carbocycles. The fourth-order valence-corrected chi connectivity index (χ4v) is 10.1. The monoisotopic (exact) mass is 867 g/mol. The van der Waals surface area contributed by atoms with Gasteiger partial charge in [0, 0.05) is 43.9 Å². The Bertz CT molecular complexity index is 3930. The molecule has 0 radical (unpaired) electrons. The molecule has 0 fully saturated rings. The van der Waals surface area contributed by atoms with Crippen molar-refractivity contribution in [3.63, 3.8) is 0 Å². The number of aromatic nitrogens is 5. The van der Waals surface area contributed by atoms with Crippen LogP contribution in [0.4, 0.5) is 0 Å². The molecule has 0 atom stereocenters. The van der Waals surface area contributed by atoms with Crippen molar-refractivity contribution in [1.29, 1.82) is 0 Å². The van der Waals surface area contributed by atoms with E-state index in [0.717, 1.165) is 77.8 Å². The molecule has 0 N–H and O–H groups in total. The summed E-state index contributed by atoms with van der Waals surface area (Å²) in [7, 11) is 0. The molecule has 0 aliphatic heterocycles. The number of hydrogen-bond donors (Lipinski definition) is 0. The van der Waals surface area contributed by atoms with Crippen molar-refractivity contribution in [1.82, 2.24) is 24.1 Å². The zero-order valence-electron chi connectivity index (χ0n) is 36.9. The number of hydrogen-bond acceptors (Lipinski definition) is 3. The summed E-state index contributed by atoms with van der Waals surface area (Å²) in [6, 6.07) is 88.4. The van der Waals surface area contributed by atoms with Gasteiger partial charge in [0.2, 0.25) is 0 Å². The highest BCUT2D eigenvalue weighted by Crippen LogP contribution is 2.47. The third kappa shape index (κ3) is 6.59. The minimum atomic E-state index is 0.598. The first-order chi connectivity index (χ1) is 33.7. The van der Waals surface area contributed by atoms with E-state index in [9.17, 15) is 0 Å². The van der Waals surface area contributed by atoms with Gasteiger partial charge in [0.1, 0.15) is 0 Å². The lowest BCUT2D eigenvalue weighted by Gasteiger charge is -2.16. The van der Waals surface area contributed by atoms with Gasteiger partial charge in [-0.2, -0.15) is 0 Å². The van der Waals surface area contributed by atoms with Crippen molar-refractivity contribution in [3.8, 4) is 78.9 Å². The molecule has 0 aliphatic carbocycles. The van der Waals surface area contributed by atoms with E-state index in [1.54, 1.807) is 0 Å². The van der Waals surface area contributed by atoms with E-state index in [1.165, 1.54) is 27.2 Å². The fourth-order valence-electron chi connectivity index (χ4n) is 10.1. The summed E-state index contributed by atoms with van der Waals surface area (Å²) >= 11 is 0. The molecule has 0 saturated carbocycles. The normalized spacial score (nSPS) is 11.5. The lowest BCUT2D eigenvalue weighted by molar-refractivity contribution is 1.06. The summed E-state index contributed by atoms with van der Waals surface area (Å²) in [6.07, 6.45) is 0. The molecule has 13 aromatic rings. The molecule has 318 valence electrons. The molecule has 0 saturated heterocycles. The average Bonchev–Trinajstić information content (AvgIpc) is 3.94. The predicted octanol–water partition coefficient (Wildman–Crippen LogP) is 16.1. The van der Waals surface area contributed by atoms with Crippen molar-refractivity contribution in [3.05, 3.63) is 249 Å². The van der Waals surface area contributed by atoms with Crippen molar-refractivity contribution in [2.75, 3.05) is 0 Å². The van der Waals surface area contributed by atoms with E-state index < -0.39 is 0 Å². The highest BCUT2D eigenvalue weighted by Gasteiger charge is 2.25. The zero-order chi connectivity index (χ0) is 45.0. The van der Waals surface area contributed by atoms with E-state index in [4.69, 9.17) is 15.0 Å². The van der Waals surface area contributed by atoms with Gasteiger partial charge < -0.3 is 9.13 Å². The van der Waals surface area contributed by atoms with Gasteiger partial charge in [-0.3, -0.25) is 0 Å². The molecule has 5 nitrogen and oxygen atoms in total. The van der Waals surface area contributed by atoms with Gasteiger partial charge in [0.15, 0.2) is 17.5 Å². The molecule has 0 bridgehead atoms. The van der Waals surface area contributed by atoms with Crippen LogP contribution in [-0.4, -0.2) is 24.1 Å². The minimum Gasteiger partial charge on any atom is -0.309 e. The molecule has 5 heteroatoms. The van der Waals surface area contributed by atoms with Gasteiger partial charge in [-0.25, -0.2) is 15.0 Å². The molecule has 0 aliphatic rings.